The van der Waals surface area contributed by atoms with Crippen LogP contribution in [0.2, 0.25) is 0 Å². The van der Waals surface area contributed by atoms with Crippen LogP contribution in [-0.4, -0.2) is 52.4 Å². The first-order chi connectivity index (χ1) is 18.8. The van der Waals surface area contributed by atoms with Crippen molar-refractivity contribution in [1.82, 2.24) is 0 Å². The van der Waals surface area contributed by atoms with Gasteiger partial charge in [-0.25, -0.2) is 0 Å². The smallest absolute Gasteiger partial charge is 0.312 e. The van der Waals surface area contributed by atoms with Crippen LogP contribution in [0.4, 0.5) is 0 Å². The van der Waals surface area contributed by atoms with Gasteiger partial charge in [0.25, 0.3) is 0 Å². The van der Waals surface area contributed by atoms with Crippen molar-refractivity contribution < 1.29 is 47.9 Å². The molecule has 1 N–H and O–H groups in total. The third kappa shape index (κ3) is 4.33. The Morgan fingerprint density at radius 2 is 1.41 bits per heavy atom. The van der Waals surface area contributed by atoms with E-state index in [9.17, 15) is 14.7 Å². The number of rotatable bonds is 7. The Morgan fingerprint density at radius 3 is 2.03 bits per heavy atom. The third-order valence-corrected chi connectivity index (χ3v) is 6.71. The van der Waals surface area contributed by atoms with Gasteiger partial charge in [-0.3, -0.25) is 9.59 Å². The number of ketones is 1. The first-order valence-electron chi connectivity index (χ1n) is 11.9. The summed E-state index contributed by atoms with van der Waals surface area (Å²) in [6, 6.07) is 9.71. The number of carbonyl (C=O) groups excluding carboxylic acids is 2. The highest BCUT2D eigenvalue weighted by molar-refractivity contribution is 6.15. The number of carbonyl (C=O) groups is 2. The number of hydrogen-bond acceptors (Lipinski definition) is 10. The van der Waals surface area contributed by atoms with Crippen molar-refractivity contribution >= 4 is 17.8 Å². The molecule has 1 unspecified atom stereocenters. The highest BCUT2D eigenvalue weighted by Crippen LogP contribution is 2.51. The van der Waals surface area contributed by atoms with Gasteiger partial charge in [-0.05, 0) is 42.0 Å². The summed E-state index contributed by atoms with van der Waals surface area (Å²) >= 11 is 0. The van der Waals surface area contributed by atoms with Gasteiger partial charge in [0.2, 0.25) is 11.5 Å². The number of esters is 1. The van der Waals surface area contributed by atoms with Crippen LogP contribution in [0.1, 0.15) is 39.4 Å². The molecule has 0 saturated carbocycles. The van der Waals surface area contributed by atoms with Crippen molar-refractivity contribution in [2.75, 3.05) is 35.5 Å². The lowest BCUT2D eigenvalue weighted by molar-refractivity contribution is -0.135. The Kier molecular flexibility index (Phi) is 6.69. The van der Waals surface area contributed by atoms with Crippen LogP contribution in [0, 0.1) is 0 Å². The van der Waals surface area contributed by atoms with Crippen molar-refractivity contribution in [3.05, 3.63) is 64.4 Å². The van der Waals surface area contributed by atoms with E-state index in [-0.39, 0.29) is 46.7 Å². The average Bonchev–Trinajstić information content (AvgIpc) is 3.26. The van der Waals surface area contributed by atoms with Crippen molar-refractivity contribution in [2.45, 2.75) is 12.3 Å². The van der Waals surface area contributed by atoms with E-state index in [0.717, 1.165) is 0 Å². The number of aromatic hydroxyl groups is 1. The number of phenolic OH excluding ortho intramolecular Hbond substituents is 1. The van der Waals surface area contributed by atoms with Gasteiger partial charge >= 0.3 is 5.97 Å². The lowest BCUT2D eigenvalue weighted by atomic mass is 9.84. The second-order valence-electron chi connectivity index (χ2n) is 8.75. The molecule has 0 saturated heterocycles. The lowest BCUT2D eigenvalue weighted by Crippen LogP contribution is -2.21. The van der Waals surface area contributed by atoms with Gasteiger partial charge in [-0.2, -0.15) is 0 Å². The molecule has 0 aliphatic carbocycles. The van der Waals surface area contributed by atoms with Crippen LogP contribution in [0.5, 0.6) is 46.0 Å². The number of ether oxygens (including phenoxy) is 7. The number of Topliss-reactive ketones (excluding diaryl/α,β-unsaturated/α-hetero) is 1. The summed E-state index contributed by atoms with van der Waals surface area (Å²) < 4.78 is 38.5. The maximum absolute atomic E-state index is 13.4. The fourth-order valence-electron chi connectivity index (χ4n) is 4.81. The van der Waals surface area contributed by atoms with Crippen LogP contribution in [0.15, 0.2) is 42.2 Å². The summed E-state index contributed by atoms with van der Waals surface area (Å²) in [5, 5.41) is 10.4. The van der Waals surface area contributed by atoms with Crippen molar-refractivity contribution in [3.8, 4) is 46.0 Å². The lowest BCUT2D eigenvalue weighted by Gasteiger charge is -2.27. The molecule has 2 aliphatic rings. The van der Waals surface area contributed by atoms with Crippen LogP contribution in [0.25, 0.3) is 6.08 Å². The van der Waals surface area contributed by atoms with Crippen LogP contribution in [-0.2, 0) is 4.79 Å². The molecule has 0 bridgehead atoms. The number of phenols is 1. The van der Waals surface area contributed by atoms with E-state index in [1.54, 1.807) is 42.5 Å². The quantitative estimate of drug-likeness (QED) is 0.264. The van der Waals surface area contributed by atoms with Crippen LogP contribution in [0.3, 0.4) is 0 Å². The molecule has 0 fully saturated rings. The Morgan fingerprint density at radius 1 is 0.795 bits per heavy atom. The fraction of sp³-hybridized carbons (Fsp3) is 0.241. The topological polar surface area (TPSA) is 119 Å². The highest BCUT2D eigenvalue weighted by Gasteiger charge is 2.39. The summed E-state index contributed by atoms with van der Waals surface area (Å²) in [4.78, 5) is 26.0. The van der Waals surface area contributed by atoms with Gasteiger partial charge in [0, 0.05) is 23.1 Å². The molecule has 3 aromatic carbocycles. The fourth-order valence-corrected chi connectivity index (χ4v) is 4.81. The second kappa shape index (κ2) is 10.1. The Balaban J connectivity index is 1.63. The first kappa shape index (κ1) is 25.8. The zero-order valence-corrected chi connectivity index (χ0v) is 21.9. The summed E-state index contributed by atoms with van der Waals surface area (Å²) in [6.07, 6.45) is 1.53. The molecule has 0 aromatic heterocycles. The third-order valence-electron chi connectivity index (χ3n) is 6.71. The Labute approximate surface area is 224 Å². The second-order valence-corrected chi connectivity index (χ2v) is 8.75. The van der Waals surface area contributed by atoms with Gasteiger partial charge < -0.3 is 38.3 Å². The molecule has 0 amide bonds. The molecule has 0 spiro atoms. The molecular formula is C29H26O10. The molecule has 2 heterocycles. The van der Waals surface area contributed by atoms with Crippen molar-refractivity contribution in [3.63, 3.8) is 0 Å². The molecule has 0 radical (unpaired) electrons. The van der Waals surface area contributed by atoms with E-state index in [2.05, 4.69) is 0 Å². The van der Waals surface area contributed by atoms with Gasteiger partial charge in [0.05, 0.1) is 47.5 Å². The van der Waals surface area contributed by atoms with E-state index in [0.29, 0.717) is 39.5 Å². The molecule has 39 heavy (non-hydrogen) atoms. The van der Waals surface area contributed by atoms with Gasteiger partial charge in [0.15, 0.2) is 28.8 Å². The number of allylic oxidation sites excluding steroid dienone is 1. The van der Waals surface area contributed by atoms with Gasteiger partial charge in [-0.1, -0.05) is 0 Å². The highest BCUT2D eigenvalue weighted by atomic mass is 16.5. The van der Waals surface area contributed by atoms with E-state index in [4.69, 9.17) is 33.2 Å². The largest absolute Gasteiger partial charge is 0.502 e. The molecule has 10 heteroatoms. The minimum absolute atomic E-state index is 0.0271. The Bertz CT molecular complexity index is 1500. The maximum atomic E-state index is 13.4. The predicted molar refractivity (Wildman–Crippen MR) is 139 cm³/mol. The molecule has 3 aromatic rings. The molecule has 2 aliphatic heterocycles. The number of benzene rings is 3. The summed E-state index contributed by atoms with van der Waals surface area (Å²) in [7, 11) is 7.36. The number of hydrogen-bond donors (Lipinski definition) is 1. The Hall–Kier alpha value is -4.86. The maximum Gasteiger partial charge on any atom is 0.312 e. The van der Waals surface area contributed by atoms with Crippen molar-refractivity contribution in [1.29, 1.82) is 0 Å². The minimum Gasteiger partial charge on any atom is -0.502 e. The summed E-state index contributed by atoms with van der Waals surface area (Å²) in [5.41, 5.74) is 2.00. The summed E-state index contributed by atoms with van der Waals surface area (Å²) in [5.74, 6) is 0.810. The SMILES string of the molecule is COc1cc(OC)c(OC)cc1/C=C1/Oc2c(ccc3c2C(c2cc(OC)c(O)c(OC)c2)CC(=O)O3)C1=O. The van der Waals surface area contributed by atoms with Crippen LogP contribution < -0.4 is 33.2 Å². The zero-order valence-electron chi connectivity index (χ0n) is 21.9. The summed E-state index contributed by atoms with van der Waals surface area (Å²) in [6.45, 7) is 0. The molecule has 10 nitrogen and oxygen atoms in total. The number of fused-ring (bicyclic) bond motifs is 3. The predicted octanol–water partition coefficient (Wildman–Crippen LogP) is 4.49. The van der Waals surface area contributed by atoms with Crippen molar-refractivity contribution in [2.24, 2.45) is 0 Å². The van der Waals surface area contributed by atoms with E-state index < -0.39 is 11.9 Å². The molecular weight excluding hydrogens is 508 g/mol. The van der Waals surface area contributed by atoms with Gasteiger partial charge in [-0.15, -0.1) is 0 Å². The minimum atomic E-state index is -0.567. The van der Waals surface area contributed by atoms with E-state index >= 15 is 0 Å². The van der Waals surface area contributed by atoms with Gasteiger partial charge in [0.1, 0.15) is 17.2 Å². The van der Waals surface area contributed by atoms with Crippen LogP contribution >= 0.6 is 0 Å². The first-order valence-corrected chi connectivity index (χ1v) is 11.9. The average molecular weight is 535 g/mol. The number of methoxy groups -OCH3 is 5. The molecule has 1 atom stereocenters. The monoisotopic (exact) mass is 534 g/mol. The van der Waals surface area contributed by atoms with E-state index in [1.807, 2.05) is 0 Å². The molecule has 202 valence electrons. The van der Waals surface area contributed by atoms with E-state index in [1.165, 1.54) is 35.5 Å². The molecule has 5 rings (SSSR count). The zero-order chi connectivity index (χ0) is 27.8. The normalized spacial score (nSPS) is 16.6. The standard InChI is InChI=1S/C29H26O10/c1-33-19-13-21(35-3)20(34-2)10-15(19)11-24-27(31)16-6-7-18-26(29(16)39-24)17(12-25(30)38-18)14-8-22(36-4)28(32)23(9-14)37-5/h6-11,13,17,32H,12H2,1-5H3/b24-11+.